The second-order valence-electron chi connectivity index (χ2n) is 7.41. The zero-order chi connectivity index (χ0) is 24.9. The largest absolute Gasteiger partial charge is 0.417 e. The Kier molecular flexibility index (Phi) is 7.57. The van der Waals surface area contributed by atoms with Crippen LogP contribution >= 0.6 is 0 Å². The maximum atomic E-state index is 13.6. The topological polar surface area (TPSA) is 110 Å². The van der Waals surface area contributed by atoms with Gasteiger partial charge < -0.3 is 15.4 Å². The fraction of sp³-hybridized carbons (Fsp3) is 0.261. The molecule has 3 rings (SSSR count). The number of ether oxygens (including phenoxy) is 1. The van der Waals surface area contributed by atoms with Crippen molar-refractivity contribution in [3.63, 3.8) is 0 Å². The van der Waals surface area contributed by atoms with Crippen molar-refractivity contribution in [3.05, 3.63) is 92.1 Å². The summed E-state index contributed by atoms with van der Waals surface area (Å²) in [5.41, 5.74) is 2.86. The van der Waals surface area contributed by atoms with Crippen LogP contribution in [0.25, 0.3) is 0 Å². The number of halogens is 3. The minimum atomic E-state index is -4.80. The minimum Gasteiger partial charge on any atom is -0.385 e. The summed E-state index contributed by atoms with van der Waals surface area (Å²) in [5.74, 6) is -1.42. The zero-order valence-electron chi connectivity index (χ0n) is 18.3. The number of H-pyrrole nitrogens is 1. The second kappa shape index (κ2) is 10.4. The van der Waals surface area contributed by atoms with Crippen LogP contribution in [0, 0.1) is 0 Å². The third-order valence-corrected chi connectivity index (χ3v) is 5.11. The maximum Gasteiger partial charge on any atom is 0.417 e. The number of alkyl halides is 3. The lowest BCUT2D eigenvalue weighted by molar-refractivity contribution is -0.137. The summed E-state index contributed by atoms with van der Waals surface area (Å²) in [4.78, 5) is 41.6. The van der Waals surface area contributed by atoms with E-state index < -0.39 is 40.1 Å². The number of rotatable bonds is 8. The number of carbonyl (C=O) groups is 1. The second-order valence-corrected chi connectivity index (χ2v) is 7.41. The number of methoxy groups -OCH3 is 1. The van der Waals surface area contributed by atoms with E-state index in [2.05, 4.69) is 4.98 Å². The van der Waals surface area contributed by atoms with Gasteiger partial charge in [0.15, 0.2) is 5.69 Å². The molecule has 0 saturated heterocycles. The molecule has 0 bridgehead atoms. The summed E-state index contributed by atoms with van der Waals surface area (Å²) in [6, 6.07) is 13.0. The number of amides is 1. The summed E-state index contributed by atoms with van der Waals surface area (Å²) < 4.78 is 46.7. The molecular formula is C23H23F3N4O4. The Morgan fingerprint density at radius 2 is 1.74 bits per heavy atom. The van der Waals surface area contributed by atoms with Crippen molar-refractivity contribution in [2.75, 3.05) is 30.9 Å². The number of benzene rings is 2. The van der Waals surface area contributed by atoms with E-state index >= 15 is 0 Å². The number of anilines is 2. The standard InChI is InChI=1S/C23H23F3N4O4/c1-34-13-7-12-29(21(32)16-10-5-6-11-17(16)23(24,25)26)18-19(27)30(22(33)28-20(18)31)14-15-8-3-2-4-9-15/h2-6,8-11H,7,12-14,27H2,1H3,(H,28,31,33). The van der Waals surface area contributed by atoms with E-state index in [1.807, 2.05) is 0 Å². The van der Waals surface area contributed by atoms with Crippen LogP contribution in [0.3, 0.4) is 0 Å². The van der Waals surface area contributed by atoms with Gasteiger partial charge in [0.2, 0.25) is 0 Å². The number of nitrogens with zero attached hydrogens (tertiary/aromatic N) is 2. The average Bonchev–Trinajstić information content (AvgIpc) is 2.80. The first-order valence-electron chi connectivity index (χ1n) is 10.3. The number of nitrogen functional groups attached to an aromatic ring is 1. The molecule has 0 spiro atoms. The number of hydrogen-bond acceptors (Lipinski definition) is 5. The molecule has 1 aromatic heterocycles. The van der Waals surface area contributed by atoms with E-state index in [1.54, 1.807) is 30.3 Å². The van der Waals surface area contributed by atoms with Crippen molar-refractivity contribution in [3.8, 4) is 0 Å². The molecule has 0 aliphatic carbocycles. The highest BCUT2D eigenvalue weighted by atomic mass is 19.4. The van der Waals surface area contributed by atoms with Crippen molar-refractivity contribution in [1.29, 1.82) is 0 Å². The van der Waals surface area contributed by atoms with Gasteiger partial charge in [0.05, 0.1) is 17.7 Å². The molecule has 180 valence electrons. The van der Waals surface area contributed by atoms with Gasteiger partial charge in [0, 0.05) is 20.3 Å². The van der Waals surface area contributed by atoms with E-state index in [0.29, 0.717) is 5.56 Å². The fourth-order valence-electron chi connectivity index (χ4n) is 3.51. The van der Waals surface area contributed by atoms with Crippen LogP contribution < -0.4 is 21.9 Å². The molecule has 0 unspecified atom stereocenters. The lowest BCUT2D eigenvalue weighted by atomic mass is 10.1. The third-order valence-electron chi connectivity index (χ3n) is 5.11. The summed E-state index contributed by atoms with van der Waals surface area (Å²) in [6.07, 6.45) is -4.60. The average molecular weight is 476 g/mol. The fourth-order valence-corrected chi connectivity index (χ4v) is 3.51. The molecule has 0 aliphatic heterocycles. The normalized spacial score (nSPS) is 11.4. The van der Waals surface area contributed by atoms with Crippen molar-refractivity contribution < 1.29 is 22.7 Å². The van der Waals surface area contributed by atoms with Crippen LogP contribution in [0.1, 0.15) is 27.9 Å². The van der Waals surface area contributed by atoms with Crippen molar-refractivity contribution in [1.82, 2.24) is 9.55 Å². The van der Waals surface area contributed by atoms with E-state index in [-0.39, 0.29) is 31.9 Å². The number of carbonyl (C=O) groups excluding carboxylic acids is 1. The lowest BCUT2D eigenvalue weighted by Gasteiger charge is -2.25. The minimum absolute atomic E-state index is 0.0193. The zero-order valence-corrected chi connectivity index (χ0v) is 18.3. The van der Waals surface area contributed by atoms with E-state index in [1.165, 1.54) is 13.2 Å². The predicted octanol–water partition coefficient (Wildman–Crippen LogP) is 2.87. The van der Waals surface area contributed by atoms with E-state index in [4.69, 9.17) is 10.5 Å². The van der Waals surface area contributed by atoms with Gasteiger partial charge >= 0.3 is 11.9 Å². The Bertz CT molecular complexity index is 1270. The molecule has 1 amide bonds. The number of aromatic nitrogens is 2. The molecule has 34 heavy (non-hydrogen) atoms. The molecule has 2 aromatic carbocycles. The van der Waals surface area contributed by atoms with Gasteiger partial charge in [-0.15, -0.1) is 0 Å². The smallest absolute Gasteiger partial charge is 0.385 e. The van der Waals surface area contributed by atoms with Gasteiger partial charge in [-0.2, -0.15) is 13.2 Å². The summed E-state index contributed by atoms with van der Waals surface area (Å²) >= 11 is 0. The quantitative estimate of drug-likeness (QED) is 0.486. The molecule has 8 nitrogen and oxygen atoms in total. The SMILES string of the molecule is COCCCN(C(=O)c1ccccc1C(F)(F)F)c1c(N)n(Cc2ccccc2)c(=O)[nH]c1=O. The number of nitrogens with two attached hydrogens (primary N) is 1. The van der Waals surface area contributed by atoms with Crippen molar-refractivity contribution in [2.45, 2.75) is 19.1 Å². The summed E-state index contributed by atoms with van der Waals surface area (Å²) in [7, 11) is 1.42. The van der Waals surface area contributed by atoms with Gasteiger partial charge in [-0.1, -0.05) is 42.5 Å². The number of hydrogen-bond donors (Lipinski definition) is 2. The molecule has 3 N–H and O–H groups in total. The summed E-state index contributed by atoms with van der Waals surface area (Å²) in [5, 5.41) is 0. The van der Waals surface area contributed by atoms with Crippen molar-refractivity contribution >= 4 is 17.4 Å². The molecular weight excluding hydrogens is 453 g/mol. The Morgan fingerprint density at radius 1 is 1.09 bits per heavy atom. The van der Waals surface area contributed by atoms with E-state index in [9.17, 15) is 27.6 Å². The van der Waals surface area contributed by atoms with Gasteiger partial charge in [0.1, 0.15) is 5.82 Å². The number of nitrogens with one attached hydrogen (secondary N) is 1. The predicted molar refractivity (Wildman–Crippen MR) is 121 cm³/mol. The first-order chi connectivity index (χ1) is 16.1. The molecule has 0 fully saturated rings. The summed E-state index contributed by atoms with van der Waals surface area (Å²) in [6.45, 7) is -0.0175. The van der Waals surface area contributed by atoms with Gasteiger partial charge in [-0.05, 0) is 24.1 Å². The Balaban J connectivity index is 2.15. The Hall–Kier alpha value is -3.86. The van der Waals surface area contributed by atoms with Crippen LogP contribution in [-0.2, 0) is 17.5 Å². The van der Waals surface area contributed by atoms with Crippen LogP contribution in [0.4, 0.5) is 24.7 Å². The van der Waals surface area contributed by atoms with Crippen LogP contribution in [0.2, 0.25) is 0 Å². The molecule has 0 radical (unpaired) electrons. The molecule has 0 atom stereocenters. The molecule has 1 heterocycles. The van der Waals surface area contributed by atoms with E-state index in [0.717, 1.165) is 27.7 Å². The highest BCUT2D eigenvalue weighted by Gasteiger charge is 2.37. The van der Waals surface area contributed by atoms with Gasteiger partial charge in [-0.25, -0.2) is 4.79 Å². The molecule has 3 aromatic rings. The van der Waals surface area contributed by atoms with Gasteiger partial charge in [0.25, 0.3) is 11.5 Å². The maximum absolute atomic E-state index is 13.6. The van der Waals surface area contributed by atoms with Crippen LogP contribution in [0.15, 0.2) is 64.2 Å². The third kappa shape index (κ3) is 5.37. The molecule has 0 aliphatic rings. The molecule has 0 saturated carbocycles. The Morgan fingerprint density at radius 3 is 2.38 bits per heavy atom. The first kappa shape index (κ1) is 24.8. The number of aromatic amines is 1. The highest BCUT2D eigenvalue weighted by Crippen LogP contribution is 2.33. The van der Waals surface area contributed by atoms with Crippen LogP contribution in [-0.4, -0.2) is 35.7 Å². The monoisotopic (exact) mass is 476 g/mol. The molecule has 11 heteroatoms. The van der Waals surface area contributed by atoms with Crippen molar-refractivity contribution in [2.24, 2.45) is 0 Å². The van der Waals surface area contributed by atoms with Gasteiger partial charge in [-0.3, -0.25) is 19.1 Å². The highest BCUT2D eigenvalue weighted by molar-refractivity contribution is 6.08. The lowest BCUT2D eigenvalue weighted by Crippen LogP contribution is -2.42. The Labute approximate surface area is 192 Å². The first-order valence-corrected chi connectivity index (χ1v) is 10.3. The van der Waals surface area contributed by atoms with Crippen LogP contribution in [0.5, 0.6) is 0 Å².